The molecule has 0 fully saturated rings. The fraction of sp³-hybridized carbons (Fsp3) is 0.200. The molecule has 0 aliphatic heterocycles. The van der Waals surface area contributed by atoms with E-state index in [-0.39, 0.29) is 11.5 Å². The first kappa shape index (κ1) is 14.1. The van der Waals surface area contributed by atoms with E-state index in [1.54, 1.807) is 24.3 Å². The van der Waals surface area contributed by atoms with Crippen molar-refractivity contribution in [3.05, 3.63) is 75.6 Å². The summed E-state index contributed by atoms with van der Waals surface area (Å²) in [7, 11) is 0. The highest BCUT2D eigenvalue weighted by Gasteiger charge is 2.04. The van der Waals surface area contributed by atoms with Crippen LogP contribution in [0.25, 0.3) is 0 Å². The van der Waals surface area contributed by atoms with Gasteiger partial charge in [0.15, 0.2) is 0 Å². The average Bonchev–Trinajstić information content (AvgIpc) is 2.46. The number of halogens is 1. The van der Waals surface area contributed by atoms with Gasteiger partial charge in [0, 0.05) is 24.1 Å². The lowest BCUT2D eigenvalue weighted by atomic mass is 10.1. The second kappa shape index (κ2) is 6.77. The smallest absolute Gasteiger partial charge is 0.269 e. The Kier molecular flexibility index (Phi) is 4.79. The lowest BCUT2D eigenvalue weighted by Gasteiger charge is -2.02. The fourth-order valence-electron chi connectivity index (χ4n) is 1.94. The minimum absolute atomic E-state index is 0.111. The predicted molar refractivity (Wildman–Crippen MR) is 73.7 cm³/mol. The highest BCUT2D eigenvalue weighted by molar-refractivity contribution is 5.32. The van der Waals surface area contributed by atoms with Crippen LogP contribution in [0.1, 0.15) is 11.1 Å². The Balaban J connectivity index is 1.75. The molecular weight excluding hydrogens is 259 g/mol. The van der Waals surface area contributed by atoms with E-state index in [2.05, 4.69) is 5.32 Å². The van der Waals surface area contributed by atoms with Crippen molar-refractivity contribution in [1.82, 2.24) is 0 Å². The molecular formula is C15H16FN2O2+. The molecule has 0 bridgehead atoms. The molecule has 104 valence electrons. The number of nitrogens with zero attached hydrogens (tertiary/aromatic N) is 1. The highest BCUT2D eigenvalue weighted by atomic mass is 19.1. The number of benzene rings is 2. The Bertz CT molecular complexity index is 567. The summed E-state index contributed by atoms with van der Waals surface area (Å²) < 4.78 is 12.7. The first-order chi connectivity index (χ1) is 9.65. The van der Waals surface area contributed by atoms with Crippen LogP contribution in [0.15, 0.2) is 48.5 Å². The van der Waals surface area contributed by atoms with E-state index in [0.29, 0.717) is 0 Å². The van der Waals surface area contributed by atoms with Gasteiger partial charge in [0.2, 0.25) is 0 Å². The SMILES string of the molecule is O=[N+]([O-])c1ccc(C[NH2+]CCc2ccc(F)cc2)cc1. The van der Waals surface area contributed by atoms with Gasteiger partial charge in [0.05, 0.1) is 11.5 Å². The number of nitrogens with two attached hydrogens (primary N) is 1. The molecule has 5 heteroatoms. The molecule has 2 N–H and O–H groups in total. The van der Waals surface area contributed by atoms with Crippen molar-refractivity contribution in [2.75, 3.05) is 6.54 Å². The molecule has 0 aromatic heterocycles. The van der Waals surface area contributed by atoms with Crippen molar-refractivity contribution in [2.24, 2.45) is 0 Å². The van der Waals surface area contributed by atoms with E-state index >= 15 is 0 Å². The van der Waals surface area contributed by atoms with Gasteiger partial charge in [-0.05, 0) is 29.8 Å². The van der Waals surface area contributed by atoms with Crippen LogP contribution in [-0.4, -0.2) is 11.5 Å². The summed E-state index contributed by atoms with van der Waals surface area (Å²) in [5.41, 5.74) is 2.26. The van der Waals surface area contributed by atoms with Gasteiger partial charge in [-0.2, -0.15) is 0 Å². The monoisotopic (exact) mass is 275 g/mol. The molecule has 0 saturated carbocycles. The molecule has 0 heterocycles. The van der Waals surface area contributed by atoms with Crippen molar-refractivity contribution in [2.45, 2.75) is 13.0 Å². The Morgan fingerprint density at radius 1 is 1.00 bits per heavy atom. The van der Waals surface area contributed by atoms with Gasteiger partial charge in [0.1, 0.15) is 12.4 Å². The van der Waals surface area contributed by atoms with Crippen LogP contribution in [0.2, 0.25) is 0 Å². The van der Waals surface area contributed by atoms with Crippen molar-refractivity contribution >= 4 is 5.69 Å². The molecule has 2 aromatic carbocycles. The number of non-ortho nitro benzene ring substituents is 1. The van der Waals surface area contributed by atoms with Gasteiger partial charge in [0.25, 0.3) is 5.69 Å². The Morgan fingerprint density at radius 3 is 2.20 bits per heavy atom. The minimum atomic E-state index is -0.401. The largest absolute Gasteiger partial charge is 0.342 e. The molecule has 2 aromatic rings. The summed E-state index contributed by atoms with van der Waals surface area (Å²) >= 11 is 0. The summed E-state index contributed by atoms with van der Waals surface area (Å²) in [6, 6.07) is 13.1. The third-order valence-corrected chi connectivity index (χ3v) is 3.08. The molecule has 0 aliphatic carbocycles. The zero-order valence-electron chi connectivity index (χ0n) is 11.0. The van der Waals surface area contributed by atoms with Crippen molar-refractivity contribution in [3.8, 4) is 0 Å². The average molecular weight is 275 g/mol. The van der Waals surface area contributed by atoms with Gasteiger partial charge >= 0.3 is 0 Å². The van der Waals surface area contributed by atoms with Crippen LogP contribution < -0.4 is 5.32 Å². The highest BCUT2D eigenvalue weighted by Crippen LogP contribution is 2.10. The maximum atomic E-state index is 12.7. The molecule has 0 saturated heterocycles. The Labute approximate surface area is 116 Å². The maximum Gasteiger partial charge on any atom is 0.269 e. The van der Waals surface area contributed by atoms with E-state index < -0.39 is 4.92 Å². The van der Waals surface area contributed by atoms with Gasteiger partial charge in [-0.15, -0.1) is 0 Å². The standard InChI is InChI=1S/C15H15FN2O2/c16-14-5-1-12(2-6-14)9-10-17-11-13-3-7-15(8-4-13)18(19)20/h1-8,17H,9-11H2/p+1. The first-order valence-corrected chi connectivity index (χ1v) is 6.44. The number of nitro benzene ring substituents is 1. The normalized spacial score (nSPS) is 10.4. The molecule has 20 heavy (non-hydrogen) atoms. The quantitative estimate of drug-likeness (QED) is 0.498. The lowest BCUT2D eigenvalue weighted by molar-refractivity contribution is -0.670. The minimum Gasteiger partial charge on any atom is -0.342 e. The Hall–Kier alpha value is -2.27. The number of hydrogen-bond acceptors (Lipinski definition) is 2. The van der Waals surface area contributed by atoms with E-state index in [9.17, 15) is 14.5 Å². The van der Waals surface area contributed by atoms with Crippen LogP contribution in [-0.2, 0) is 13.0 Å². The molecule has 0 radical (unpaired) electrons. The van der Waals surface area contributed by atoms with Crippen LogP contribution in [0.3, 0.4) is 0 Å². The number of quaternary nitrogens is 1. The fourth-order valence-corrected chi connectivity index (χ4v) is 1.94. The first-order valence-electron chi connectivity index (χ1n) is 6.44. The van der Waals surface area contributed by atoms with Gasteiger partial charge in [-0.25, -0.2) is 4.39 Å². The zero-order valence-corrected chi connectivity index (χ0v) is 11.0. The summed E-state index contributed by atoms with van der Waals surface area (Å²) in [4.78, 5) is 10.1. The zero-order chi connectivity index (χ0) is 14.4. The predicted octanol–water partition coefficient (Wildman–Crippen LogP) is 2.04. The third kappa shape index (κ3) is 4.13. The molecule has 0 unspecified atom stereocenters. The van der Waals surface area contributed by atoms with Gasteiger partial charge in [-0.1, -0.05) is 12.1 Å². The van der Waals surface area contributed by atoms with Crippen molar-refractivity contribution < 1.29 is 14.6 Å². The molecule has 4 nitrogen and oxygen atoms in total. The summed E-state index contributed by atoms with van der Waals surface area (Å²) in [6.45, 7) is 1.67. The molecule has 0 amide bonds. The number of nitro groups is 1. The van der Waals surface area contributed by atoms with Gasteiger partial charge in [-0.3, -0.25) is 10.1 Å². The van der Waals surface area contributed by atoms with E-state index in [0.717, 1.165) is 30.6 Å². The lowest BCUT2D eigenvalue weighted by Crippen LogP contribution is -2.83. The number of hydrogen-bond donors (Lipinski definition) is 1. The summed E-state index contributed by atoms with van der Waals surface area (Å²) in [6.07, 6.45) is 0.868. The third-order valence-electron chi connectivity index (χ3n) is 3.08. The Morgan fingerprint density at radius 2 is 1.60 bits per heavy atom. The molecule has 2 rings (SSSR count). The van der Waals surface area contributed by atoms with Crippen LogP contribution in [0.4, 0.5) is 10.1 Å². The van der Waals surface area contributed by atoms with Crippen molar-refractivity contribution in [1.29, 1.82) is 0 Å². The van der Waals surface area contributed by atoms with Gasteiger partial charge < -0.3 is 5.32 Å². The molecule has 0 atom stereocenters. The molecule has 0 aliphatic rings. The number of rotatable bonds is 6. The van der Waals surface area contributed by atoms with Crippen LogP contribution >= 0.6 is 0 Å². The summed E-state index contributed by atoms with van der Waals surface area (Å²) in [5.74, 6) is -0.219. The maximum absolute atomic E-state index is 12.7. The summed E-state index contributed by atoms with van der Waals surface area (Å²) in [5, 5.41) is 12.7. The second-order valence-corrected chi connectivity index (χ2v) is 4.58. The van der Waals surface area contributed by atoms with Crippen LogP contribution in [0, 0.1) is 15.9 Å². The van der Waals surface area contributed by atoms with E-state index in [4.69, 9.17) is 0 Å². The van der Waals surface area contributed by atoms with Crippen molar-refractivity contribution in [3.63, 3.8) is 0 Å². The topological polar surface area (TPSA) is 59.8 Å². The van der Waals surface area contributed by atoms with Crippen LogP contribution in [0.5, 0.6) is 0 Å². The van der Waals surface area contributed by atoms with E-state index in [1.807, 2.05) is 0 Å². The van der Waals surface area contributed by atoms with E-state index in [1.165, 1.54) is 24.3 Å². The second-order valence-electron chi connectivity index (χ2n) is 4.58. The molecule has 0 spiro atoms.